The van der Waals surface area contributed by atoms with Crippen molar-refractivity contribution in [2.45, 2.75) is 32.1 Å². The standard InChI is InChI=1S/C15H20FIO3/c1-18-7-8-19-10-20-13-9-11-5-3-2-4-6-12(11)14(16)15(13)17/h9H,2-8,10H2,1H3. The first-order chi connectivity index (χ1) is 9.74. The summed E-state index contributed by atoms with van der Waals surface area (Å²) >= 11 is 2.01. The van der Waals surface area contributed by atoms with Crippen LogP contribution in [0.4, 0.5) is 4.39 Å². The van der Waals surface area contributed by atoms with Crippen molar-refractivity contribution in [1.29, 1.82) is 0 Å². The lowest BCUT2D eigenvalue weighted by molar-refractivity contribution is -0.00902. The largest absolute Gasteiger partial charge is 0.466 e. The molecule has 1 aromatic rings. The number of aryl methyl sites for hydroxylation is 1. The van der Waals surface area contributed by atoms with Gasteiger partial charge in [0.1, 0.15) is 11.6 Å². The van der Waals surface area contributed by atoms with Gasteiger partial charge in [-0.2, -0.15) is 0 Å². The van der Waals surface area contributed by atoms with Gasteiger partial charge in [-0.15, -0.1) is 0 Å². The Bertz CT molecular complexity index is 451. The summed E-state index contributed by atoms with van der Waals surface area (Å²) in [6, 6.07) is 1.98. The molecule has 5 heteroatoms. The third-order valence-electron chi connectivity index (χ3n) is 3.47. The summed E-state index contributed by atoms with van der Waals surface area (Å²) in [6.07, 6.45) is 5.13. The van der Waals surface area contributed by atoms with Crippen LogP contribution in [0.3, 0.4) is 0 Å². The summed E-state index contributed by atoms with van der Waals surface area (Å²) < 4.78 is 30.7. The molecule has 0 N–H and O–H groups in total. The Kier molecular flexibility index (Phi) is 6.51. The second kappa shape index (κ2) is 8.14. The normalized spacial score (nSPS) is 14.8. The lowest BCUT2D eigenvalue weighted by Crippen LogP contribution is -2.10. The van der Waals surface area contributed by atoms with E-state index < -0.39 is 0 Å². The zero-order chi connectivity index (χ0) is 14.4. The fourth-order valence-electron chi connectivity index (χ4n) is 2.39. The summed E-state index contributed by atoms with van der Waals surface area (Å²) in [4.78, 5) is 0. The summed E-state index contributed by atoms with van der Waals surface area (Å²) in [5.41, 5.74) is 1.96. The molecule has 0 bridgehead atoms. The van der Waals surface area contributed by atoms with Gasteiger partial charge in [0.25, 0.3) is 0 Å². The number of halogens is 2. The molecule has 3 nitrogen and oxygen atoms in total. The van der Waals surface area contributed by atoms with Crippen LogP contribution >= 0.6 is 22.6 Å². The average molecular weight is 394 g/mol. The molecule has 0 heterocycles. The minimum absolute atomic E-state index is 0.114. The van der Waals surface area contributed by atoms with Crippen LogP contribution in [0.25, 0.3) is 0 Å². The predicted molar refractivity (Wildman–Crippen MR) is 83.7 cm³/mol. The maximum Gasteiger partial charge on any atom is 0.189 e. The van der Waals surface area contributed by atoms with Gasteiger partial charge >= 0.3 is 0 Å². The first-order valence-electron chi connectivity index (χ1n) is 6.93. The maximum absolute atomic E-state index is 14.4. The molecule has 0 atom stereocenters. The molecule has 1 aliphatic rings. The summed E-state index contributed by atoms with van der Waals surface area (Å²) in [7, 11) is 1.62. The minimum Gasteiger partial charge on any atom is -0.466 e. The number of hydrogen-bond donors (Lipinski definition) is 0. The van der Waals surface area contributed by atoms with Gasteiger partial charge in [0, 0.05) is 7.11 Å². The van der Waals surface area contributed by atoms with Gasteiger partial charge in [-0.05, 0) is 65.5 Å². The SMILES string of the molecule is COCCOCOc1cc2c(c(F)c1I)CCCCC2. The van der Waals surface area contributed by atoms with Crippen LogP contribution in [0.2, 0.25) is 0 Å². The van der Waals surface area contributed by atoms with E-state index >= 15 is 0 Å². The number of methoxy groups -OCH3 is 1. The van der Waals surface area contributed by atoms with Crippen LogP contribution in [0.15, 0.2) is 6.07 Å². The minimum atomic E-state index is -0.114. The third kappa shape index (κ3) is 4.05. The molecular weight excluding hydrogens is 374 g/mol. The lowest BCUT2D eigenvalue weighted by Gasteiger charge is -2.14. The second-order valence-corrected chi connectivity index (χ2v) is 5.94. The Hall–Kier alpha value is -0.400. The predicted octanol–water partition coefficient (Wildman–Crippen LogP) is 3.70. The molecular formula is C15H20FIO3. The number of ether oxygens (including phenoxy) is 3. The fraction of sp³-hybridized carbons (Fsp3) is 0.600. The van der Waals surface area contributed by atoms with Crippen molar-refractivity contribution in [3.8, 4) is 5.75 Å². The molecule has 0 fully saturated rings. The second-order valence-electron chi connectivity index (χ2n) is 4.86. The van der Waals surface area contributed by atoms with E-state index in [-0.39, 0.29) is 12.6 Å². The highest BCUT2D eigenvalue weighted by Gasteiger charge is 2.19. The highest BCUT2D eigenvalue weighted by Crippen LogP contribution is 2.32. The van der Waals surface area contributed by atoms with Crippen LogP contribution in [0.1, 0.15) is 30.4 Å². The Morgan fingerprint density at radius 2 is 2.00 bits per heavy atom. The Balaban J connectivity index is 2.05. The molecule has 112 valence electrons. The first kappa shape index (κ1) is 16.0. The van der Waals surface area contributed by atoms with E-state index in [1.54, 1.807) is 7.11 Å². The molecule has 0 radical (unpaired) electrons. The number of fused-ring (bicyclic) bond motifs is 1. The van der Waals surface area contributed by atoms with Gasteiger partial charge in [-0.25, -0.2) is 4.39 Å². The first-order valence-corrected chi connectivity index (χ1v) is 8.01. The Labute approximate surface area is 132 Å². The molecule has 2 rings (SSSR count). The van der Waals surface area contributed by atoms with Gasteiger partial charge in [0.15, 0.2) is 6.79 Å². The Morgan fingerprint density at radius 1 is 1.20 bits per heavy atom. The monoisotopic (exact) mass is 394 g/mol. The highest BCUT2D eigenvalue weighted by molar-refractivity contribution is 14.1. The summed E-state index contributed by atoms with van der Waals surface area (Å²) in [6.45, 7) is 1.12. The topological polar surface area (TPSA) is 27.7 Å². The van der Waals surface area contributed by atoms with Crippen molar-refractivity contribution in [3.63, 3.8) is 0 Å². The smallest absolute Gasteiger partial charge is 0.189 e. The van der Waals surface area contributed by atoms with Crippen LogP contribution < -0.4 is 4.74 Å². The van der Waals surface area contributed by atoms with E-state index in [0.29, 0.717) is 22.5 Å². The quantitative estimate of drug-likeness (QED) is 0.319. The number of hydrogen-bond acceptors (Lipinski definition) is 3. The van der Waals surface area contributed by atoms with Crippen LogP contribution in [-0.2, 0) is 22.3 Å². The maximum atomic E-state index is 14.4. The van der Waals surface area contributed by atoms with Crippen molar-refractivity contribution >= 4 is 22.6 Å². The Morgan fingerprint density at radius 3 is 2.80 bits per heavy atom. The van der Waals surface area contributed by atoms with Gasteiger partial charge in [0.2, 0.25) is 0 Å². The summed E-state index contributed by atoms with van der Waals surface area (Å²) in [5, 5.41) is 0. The van der Waals surface area contributed by atoms with E-state index in [0.717, 1.165) is 36.8 Å². The molecule has 0 spiro atoms. The van der Waals surface area contributed by atoms with Crippen LogP contribution in [-0.4, -0.2) is 27.1 Å². The van der Waals surface area contributed by atoms with E-state index in [2.05, 4.69) is 0 Å². The molecule has 20 heavy (non-hydrogen) atoms. The zero-order valence-corrected chi connectivity index (χ0v) is 13.9. The van der Waals surface area contributed by atoms with Crippen molar-refractivity contribution in [3.05, 3.63) is 26.6 Å². The van der Waals surface area contributed by atoms with Crippen molar-refractivity contribution in [2.24, 2.45) is 0 Å². The molecule has 0 unspecified atom stereocenters. The molecule has 0 amide bonds. The van der Waals surface area contributed by atoms with Crippen molar-refractivity contribution < 1.29 is 18.6 Å². The molecule has 0 aliphatic heterocycles. The fourth-order valence-corrected chi connectivity index (χ4v) is 3.03. The van der Waals surface area contributed by atoms with Crippen molar-refractivity contribution in [1.82, 2.24) is 0 Å². The van der Waals surface area contributed by atoms with Gasteiger partial charge in [-0.1, -0.05) is 6.42 Å². The zero-order valence-electron chi connectivity index (χ0n) is 11.7. The van der Waals surface area contributed by atoms with E-state index in [9.17, 15) is 4.39 Å². The molecule has 1 aromatic carbocycles. The third-order valence-corrected chi connectivity index (χ3v) is 4.47. The molecule has 0 saturated carbocycles. The van der Waals surface area contributed by atoms with Crippen LogP contribution in [0.5, 0.6) is 5.75 Å². The molecule has 0 saturated heterocycles. The number of benzene rings is 1. The molecule has 1 aliphatic carbocycles. The van der Waals surface area contributed by atoms with Gasteiger partial charge in [-0.3, -0.25) is 0 Å². The lowest BCUT2D eigenvalue weighted by atomic mass is 10.0. The van der Waals surface area contributed by atoms with Gasteiger partial charge in [0.05, 0.1) is 16.8 Å². The van der Waals surface area contributed by atoms with E-state index in [1.807, 2.05) is 28.7 Å². The molecule has 0 aromatic heterocycles. The average Bonchev–Trinajstić information content (AvgIpc) is 2.69. The number of rotatable bonds is 6. The van der Waals surface area contributed by atoms with E-state index in [4.69, 9.17) is 14.2 Å². The van der Waals surface area contributed by atoms with E-state index in [1.165, 1.54) is 6.42 Å². The van der Waals surface area contributed by atoms with Gasteiger partial charge < -0.3 is 14.2 Å². The highest BCUT2D eigenvalue weighted by atomic mass is 127. The van der Waals surface area contributed by atoms with Crippen LogP contribution in [0, 0.1) is 9.39 Å². The van der Waals surface area contributed by atoms with Crippen molar-refractivity contribution in [2.75, 3.05) is 27.1 Å². The summed E-state index contributed by atoms with van der Waals surface area (Å²) in [5.74, 6) is 0.470.